The molecule has 1 aliphatic heterocycles. The van der Waals surface area contributed by atoms with Gasteiger partial charge in [0.2, 0.25) is 0 Å². The highest BCUT2D eigenvalue weighted by Crippen LogP contribution is 2.17. The van der Waals surface area contributed by atoms with E-state index in [-0.39, 0.29) is 13.2 Å². The van der Waals surface area contributed by atoms with E-state index in [0.717, 1.165) is 0 Å². The molecule has 6 heteroatoms. The number of rotatable bonds is 3. The molecule has 1 rings (SSSR count). The van der Waals surface area contributed by atoms with Gasteiger partial charge in [-0.15, -0.1) is 0 Å². The summed E-state index contributed by atoms with van der Waals surface area (Å²) in [5.41, 5.74) is 0. The molecule has 0 radical (unpaired) electrons. The van der Waals surface area contributed by atoms with E-state index in [1.165, 1.54) is 6.92 Å². The standard InChI is InChI=1S/C8H14O6/c1-4(9)13-3-6(11)8-7(12)5(10)2-14-8/h5-8,10-12H,2-3H2,1H3. The van der Waals surface area contributed by atoms with Crippen molar-refractivity contribution in [1.29, 1.82) is 0 Å². The van der Waals surface area contributed by atoms with Gasteiger partial charge in [-0.1, -0.05) is 0 Å². The summed E-state index contributed by atoms with van der Waals surface area (Å²) < 4.78 is 9.47. The summed E-state index contributed by atoms with van der Waals surface area (Å²) in [6, 6.07) is 0. The molecule has 0 spiro atoms. The molecule has 0 bridgehead atoms. The van der Waals surface area contributed by atoms with E-state index >= 15 is 0 Å². The minimum atomic E-state index is -1.14. The zero-order valence-electron chi connectivity index (χ0n) is 7.79. The van der Waals surface area contributed by atoms with E-state index in [9.17, 15) is 15.0 Å². The van der Waals surface area contributed by atoms with Crippen molar-refractivity contribution in [2.24, 2.45) is 0 Å². The van der Waals surface area contributed by atoms with Crippen LogP contribution in [-0.2, 0) is 14.3 Å². The fraction of sp³-hybridized carbons (Fsp3) is 0.875. The first-order chi connectivity index (χ1) is 6.52. The molecule has 6 nitrogen and oxygen atoms in total. The van der Waals surface area contributed by atoms with E-state index in [1.54, 1.807) is 0 Å². The van der Waals surface area contributed by atoms with Crippen LogP contribution in [0.5, 0.6) is 0 Å². The lowest BCUT2D eigenvalue weighted by atomic mass is 10.1. The molecule has 4 unspecified atom stereocenters. The van der Waals surface area contributed by atoms with Gasteiger partial charge in [0.05, 0.1) is 6.61 Å². The molecule has 0 amide bonds. The van der Waals surface area contributed by atoms with Crippen LogP contribution >= 0.6 is 0 Å². The van der Waals surface area contributed by atoms with Gasteiger partial charge in [-0.25, -0.2) is 0 Å². The van der Waals surface area contributed by atoms with Crippen LogP contribution in [-0.4, -0.2) is 58.9 Å². The van der Waals surface area contributed by atoms with Crippen LogP contribution in [0.3, 0.4) is 0 Å². The van der Waals surface area contributed by atoms with Crippen molar-refractivity contribution >= 4 is 5.97 Å². The van der Waals surface area contributed by atoms with Crippen LogP contribution in [0, 0.1) is 0 Å². The van der Waals surface area contributed by atoms with Gasteiger partial charge in [0.1, 0.15) is 31.0 Å². The number of esters is 1. The second kappa shape index (κ2) is 4.70. The first-order valence-corrected chi connectivity index (χ1v) is 4.31. The molecule has 1 saturated heterocycles. The summed E-state index contributed by atoms with van der Waals surface area (Å²) in [4.78, 5) is 10.4. The summed E-state index contributed by atoms with van der Waals surface area (Å²) in [6.07, 6.45) is -4.15. The second-order valence-electron chi connectivity index (χ2n) is 3.23. The van der Waals surface area contributed by atoms with Crippen molar-refractivity contribution in [2.45, 2.75) is 31.3 Å². The Morgan fingerprint density at radius 2 is 2.29 bits per heavy atom. The highest BCUT2D eigenvalue weighted by molar-refractivity contribution is 5.65. The lowest BCUT2D eigenvalue weighted by molar-refractivity contribution is -0.148. The third kappa shape index (κ3) is 2.65. The first kappa shape index (κ1) is 11.4. The molecule has 0 saturated carbocycles. The molecule has 4 atom stereocenters. The lowest BCUT2D eigenvalue weighted by Gasteiger charge is -2.20. The zero-order valence-corrected chi connectivity index (χ0v) is 7.79. The Labute approximate surface area is 81.1 Å². The second-order valence-corrected chi connectivity index (χ2v) is 3.23. The van der Waals surface area contributed by atoms with Crippen LogP contribution in [0.25, 0.3) is 0 Å². The van der Waals surface area contributed by atoms with E-state index in [0.29, 0.717) is 0 Å². The SMILES string of the molecule is CC(=O)OCC(O)C1OCC(O)C1O. The van der Waals surface area contributed by atoms with E-state index < -0.39 is 30.4 Å². The molecule has 0 aromatic rings. The van der Waals surface area contributed by atoms with E-state index in [2.05, 4.69) is 4.74 Å². The predicted octanol–water partition coefficient (Wildman–Crippen LogP) is -1.97. The number of hydrogen-bond acceptors (Lipinski definition) is 6. The Hall–Kier alpha value is -0.690. The van der Waals surface area contributed by atoms with Crippen molar-refractivity contribution in [3.8, 4) is 0 Å². The van der Waals surface area contributed by atoms with Crippen molar-refractivity contribution < 1.29 is 29.6 Å². The number of carbonyl (C=O) groups is 1. The smallest absolute Gasteiger partial charge is 0.302 e. The summed E-state index contributed by atoms with van der Waals surface area (Å²) in [7, 11) is 0. The van der Waals surface area contributed by atoms with Gasteiger partial charge in [-0.05, 0) is 0 Å². The number of carbonyl (C=O) groups excluding carboxylic acids is 1. The monoisotopic (exact) mass is 206 g/mol. The maximum atomic E-state index is 10.4. The third-order valence-electron chi connectivity index (χ3n) is 2.03. The van der Waals surface area contributed by atoms with Gasteiger partial charge in [0.15, 0.2) is 0 Å². The number of hydrogen-bond donors (Lipinski definition) is 3. The Morgan fingerprint density at radius 1 is 1.64 bits per heavy atom. The number of ether oxygens (including phenoxy) is 2. The third-order valence-corrected chi connectivity index (χ3v) is 2.03. The fourth-order valence-electron chi connectivity index (χ4n) is 1.26. The Kier molecular flexibility index (Phi) is 3.82. The highest BCUT2D eigenvalue weighted by Gasteiger charge is 2.39. The molecule has 1 heterocycles. The molecular weight excluding hydrogens is 192 g/mol. The van der Waals surface area contributed by atoms with Crippen LogP contribution in [0.2, 0.25) is 0 Å². The van der Waals surface area contributed by atoms with Crippen LogP contribution in [0.15, 0.2) is 0 Å². The van der Waals surface area contributed by atoms with Gasteiger partial charge in [0.25, 0.3) is 0 Å². The van der Waals surface area contributed by atoms with Gasteiger partial charge >= 0.3 is 5.97 Å². The van der Waals surface area contributed by atoms with Gasteiger partial charge in [-0.2, -0.15) is 0 Å². The van der Waals surface area contributed by atoms with E-state index in [4.69, 9.17) is 9.84 Å². The molecular formula is C8H14O6. The van der Waals surface area contributed by atoms with Crippen molar-refractivity contribution in [2.75, 3.05) is 13.2 Å². The van der Waals surface area contributed by atoms with Crippen molar-refractivity contribution in [3.63, 3.8) is 0 Å². The fourth-order valence-corrected chi connectivity index (χ4v) is 1.26. The van der Waals surface area contributed by atoms with Crippen LogP contribution in [0.4, 0.5) is 0 Å². The molecule has 0 aromatic heterocycles. The lowest BCUT2D eigenvalue weighted by Crippen LogP contribution is -2.41. The Balaban J connectivity index is 2.37. The van der Waals surface area contributed by atoms with Gasteiger partial charge in [0, 0.05) is 6.92 Å². The van der Waals surface area contributed by atoms with Crippen molar-refractivity contribution in [1.82, 2.24) is 0 Å². The van der Waals surface area contributed by atoms with Crippen LogP contribution < -0.4 is 0 Å². The Morgan fingerprint density at radius 3 is 2.71 bits per heavy atom. The zero-order chi connectivity index (χ0) is 10.7. The quantitative estimate of drug-likeness (QED) is 0.464. The van der Waals surface area contributed by atoms with E-state index in [1.807, 2.05) is 0 Å². The summed E-state index contributed by atoms with van der Waals surface area (Å²) >= 11 is 0. The molecule has 82 valence electrons. The largest absolute Gasteiger partial charge is 0.463 e. The van der Waals surface area contributed by atoms with Gasteiger partial charge in [-0.3, -0.25) is 4.79 Å². The average Bonchev–Trinajstić information content (AvgIpc) is 2.44. The first-order valence-electron chi connectivity index (χ1n) is 4.31. The highest BCUT2D eigenvalue weighted by atomic mass is 16.6. The summed E-state index contributed by atoms with van der Waals surface area (Å²) in [5, 5.41) is 27.8. The molecule has 1 fully saturated rings. The van der Waals surface area contributed by atoms with Crippen LogP contribution in [0.1, 0.15) is 6.92 Å². The minimum absolute atomic E-state index is 0.0248. The molecule has 14 heavy (non-hydrogen) atoms. The topological polar surface area (TPSA) is 96.2 Å². The Bertz CT molecular complexity index is 206. The van der Waals surface area contributed by atoms with Crippen molar-refractivity contribution in [3.05, 3.63) is 0 Å². The number of aliphatic hydroxyl groups excluding tert-OH is 3. The average molecular weight is 206 g/mol. The molecule has 3 N–H and O–H groups in total. The normalized spacial score (nSPS) is 34.1. The molecule has 0 aromatic carbocycles. The van der Waals surface area contributed by atoms with Gasteiger partial charge < -0.3 is 24.8 Å². The molecule has 1 aliphatic rings. The maximum Gasteiger partial charge on any atom is 0.302 e. The molecule has 0 aliphatic carbocycles. The minimum Gasteiger partial charge on any atom is -0.463 e. The summed E-state index contributed by atoms with van der Waals surface area (Å²) in [6.45, 7) is 0.945. The summed E-state index contributed by atoms with van der Waals surface area (Å²) in [5.74, 6) is -0.517. The maximum absolute atomic E-state index is 10.4. The predicted molar refractivity (Wildman–Crippen MR) is 44.4 cm³/mol. The number of aliphatic hydroxyl groups is 3.